The van der Waals surface area contributed by atoms with Crippen LogP contribution >= 0.6 is 0 Å². The molecule has 0 bridgehead atoms. The Morgan fingerprint density at radius 2 is 1.08 bits per heavy atom. The van der Waals surface area contributed by atoms with E-state index in [-0.39, 0.29) is 11.8 Å². The topological polar surface area (TPSA) is 78.1 Å². The van der Waals surface area contributed by atoms with Gasteiger partial charge in [-0.1, -0.05) is 140 Å². The first kappa shape index (κ1) is 33.8. The number of aromatic nitrogens is 3. The van der Waals surface area contributed by atoms with Gasteiger partial charge in [-0.25, -0.2) is 15.0 Å². The van der Waals surface area contributed by atoms with E-state index < -0.39 is 0 Å². The molecule has 2 atom stereocenters. The molecule has 2 aliphatic rings. The lowest BCUT2D eigenvalue weighted by atomic mass is 9.73. The van der Waals surface area contributed by atoms with Gasteiger partial charge in [0.25, 0.3) is 0 Å². The van der Waals surface area contributed by atoms with Crippen LogP contribution in [0.25, 0.3) is 105 Å². The second-order valence-electron chi connectivity index (χ2n) is 15.8. The Labute approximate surface area is 349 Å². The first-order valence-electron chi connectivity index (χ1n) is 20.6. The van der Waals surface area contributed by atoms with Gasteiger partial charge in [-0.15, -0.1) is 0 Å². The fraction of sp³-hybridized carbons (Fsp3) is 0.0364. The second-order valence-corrected chi connectivity index (χ2v) is 15.8. The molecule has 7 aromatic carbocycles. The smallest absolute Gasteiger partial charge is 0.164 e. The molecule has 2 unspecified atom stereocenters. The van der Waals surface area contributed by atoms with Crippen LogP contribution in [0.2, 0.25) is 0 Å². The second kappa shape index (κ2) is 13.2. The summed E-state index contributed by atoms with van der Waals surface area (Å²) in [6, 6.07) is 51.9. The van der Waals surface area contributed by atoms with E-state index in [0.717, 1.165) is 93.6 Å². The fourth-order valence-corrected chi connectivity index (χ4v) is 9.55. The van der Waals surface area contributed by atoms with E-state index in [0.29, 0.717) is 17.5 Å². The summed E-state index contributed by atoms with van der Waals surface area (Å²) in [7, 11) is 0. The predicted molar refractivity (Wildman–Crippen MR) is 245 cm³/mol. The largest absolute Gasteiger partial charge is 0.456 e. The van der Waals surface area contributed by atoms with Gasteiger partial charge >= 0.3 is 0 Å². The first-order valence-corrected chi connectivity index (χ1v) is 20.6. The quantitative estimate of drug-likeness (QED) is 0.173. The van der Waals surface area contributed by atoms with Crippen LogP contribution in [0.15, 0.2) is 207 Å². The van der Waals surface area contributed by atoms with Gasteiger partial charge in [-0.2, -0.15) is 0 Å². The SMILES string of the molecule is C1=CC2=CC(c3nc(-c4ccccc4)nc(-c4ccc5oc6ccccc6c5c4)n3)=CC(c3ccc(-c4cccc5oc6ccccc6c45)c4oc5ccccc5c34)C2C=C1. The van der Waals surface area contributed by atoms with Crippen molar-refractivity contribution in [3.63, 3.8) is 0 Å². The van der Waals surface area contributed by atoms with E-state index >= 15 is 0 Å². The van der Waals surface area contributed by atoms with Crippen molar-refractivity contribution in [1.82, 2.24) is 15.0 Å². The van der Waals surface area contributed by atoms with Gasteiger partial charge in [0.2, 0.25) is 0 Å². The highest BCUT2D eigenvalue weighted by Crippen LogP contribution is 2.49. The summed E-state index contributed by atoms with van der Waals surface area (Å²) in [5, 5.41) is 6.43. The van der Waals surface area contributed by atoms with Crippen molar-refractivity contribution >= 4 is 71.4 Å². The number of hydrogen-bond donors (Lipinski definition) is 0. The molecular weight excluding hydrogens is 751 g/mol. The third-order valence-electron chi connectivity index (χ3n) is 12.3. The summed E-state index contributed by atoms with van der Waals surface area (Å²) in [5.41, 5.74) is 12.3. The Morgan fingerprint density at radius 3 is 1.92 bits per heavy atom. The molecule has 13 rings (SSSR count). The lowest BCUT2D eigenvalue weighted by molar-refractivity contribution is 0.663. The molecule has 6 heteroatoms. The summed E-state index contributed by atoms with van der Waals surface area (Å²) >= 11 is 0. The van der Waals surface area contributed by atoms with Crippen molar-refractivity contribution in [2.45, 2.75) is 5.92 Å². The third kappa shape index (κ3) is 5.32. The summed E-state index contributed by atoms with van der Waals surface area (Å²) in [5.74, 6) is 1.85. The van der Waals surface area contributed by atoms with Crippen molar-refractivity contribution in [3.8, 4) is 33.9 Å². The molecule has 0 fully saturated rings. The van der Waals surface area contributed by atoms with Gasteiger partial charge in [-0.05, 0) is 65.2 Å². The molecule has 4 aromatic heterocycles. The van der Waals surface area contributed by atoms with Crippen molar-refractivity contribution in [2.75, 3.05) is 0 Å². The molecule has 11 aromatic rings. The lowest BCUT2D eigenvalue weighted by Gasteiger charge is -2.30. The van der Waals surface area contributed by atoms with Crippen LogP contribution in [0.1, 0.15) is 17.3 Å². The Balaban J connectivity index is 1.02. The van der Waals surface area contributed by atoms with Crippen LogP contribution in [-0.4, -0.2) is 15.0 Å². The average molecular weight is 784 g/mol. The molecule has 61 heavy (non-hydrogen) atoms. The highest BCUT2D eigenvalue weighted by Gasteiger charge is 2.32. The van der Waals surface area contributed by atoms with Gasteiger partial charge in [0.1, 0.15) is 33.5 Å². The number of para-hydroxylation sites is 3. The number of hydrogen-bond acceptors (Lipinski definition) is 6. The normalized spacial score (nSPS) is 16.3. The monoisotopic (exact) mass is 783 g/mol. The molecule has 0 radical (unpaired) electrons. The Kier molecular flexibility index (Phi) is 7.33. The Hall–Kier alpha value is -8.09. The molecule has 2 aliphatic carbocycles. The fourth-order valence-electron chi connectivity index (χ4n) is 9.55. The van der Waals surface area contributed by atoms with E-state index in [1.165, 1.54) is 11.1 Å². The minimum absolute atomic E-state index is 0.0617. The Bertz CT molecular complexity index is 3730. The highest BCUT2D eigenvalue weighted by atomic mass is 16.3. The highest BCUT2D eigenvalue weighted by molar-refractivity contribution is 6.18. The zero-order chi connectivity index (χ0) is 40.0. The van der Waals surface area contributed by atoms with Gasteiger partial charge < -0.3 is 13.3 Å². The molecule has 0 saturated heterocycles. The Morgan fingerprint density at radius 1 is 0.426 bits per heavy atom. The van der Waals surface area contributed by atoms with Crippen LogP contribution in [0.3, 0.4) is 0 Å². The van der Waals surface area contributed by atoms with E-state index in [9.17, 15) is 0 Å². The maximum Gasteiger partial charge on any atom is 0.164 e. The first-order chi connectivity index (χ1) is 30.2. The number of fused-ring (bicyclic) bond motifs is 10. The maximum atomic E-state index is 6.90. The molecular formula is C55H33N3O3. The minimum Gasteiger partial charge on any atom is -0.456 e. The summed E-state index contributed by atoms with van der Waals surface area (Å²) in [6.45, 7) is 0. The summed E-state index contributed by atoms with van der Waals surface area (Å²) < 4.78 is 19.4. The maximum absolute atomic E-state index is 6.90. The van der Waals surface area contributed by atoms with E-state index in [2.05, 4.69) is 103 Å². The zero-order valence-electron chi connectivity index (χ0n) is 32.6. The molecule has 6 nitrogen and oxygen atoms in total. The van der Waals surface area contributed by atoms with Crippen molar-refractivity contribution in [2.24, 2.45) is 5.92 Å². The molecule has 4 heterocycles. The van der Waals surface area contributed by atoms with Crippen LogP contribution in [0.4, 0.5) is 0 Å². The van der Waals surface area contributed by atoms with E-state index in [1.54, 1.807) is 0 Å². The number of nitrogens with zero attached hydrogens (tertiary/aromatic N) is 3. The van der Waals surface area contributed by atoms with E-state index in [1.807, 2.05) is 84.9 Å². The molecule has 0 amide bonds. The summed E-state index contributed by atoms with van der Waals surface area (Å²) in [6.07, 6.45) is 13.4. The third-order valence-corrected chi connectivity index (χ3v) is 12.3. The lowest BCUT2D eigenvalue weighted by Crippen LogP contribution is -2.17. The van der Waals surface area contributed by atoms with Crippen LogP contribution < -0.4 is 0 Å². The number of rotatable bonds is 5. The summed E-state index contributed by atoms with van der Waals surface area (Å²) in [4.78, 5) is 15.6. The van der Waals surface area contributed by atoms with Gasteiger partial charge in [-0.3, -0.25) is 0 Å². The van der Waals surface area contributed by atoms with Gasteiger partial charge in [0.15, 0.2) is 17.5 Å². The number of furan rings is 3. The molecule has 0 saturated carbocycles. The van der Waals surface area contributed by atoms with Gasteiger partial charge in [0.05, 0.1) is 0 Å². The molecule has 286 valence electrons. The van der Waals surface area contributed by atoms with Crippen LogP contribution in [-0.2, 0) is 0 Å². The van der Waals surface area contributed by atoms with Crippen molar-refractivity contribution in [3.05, 3.63) is 205 Å². The zero-order valence-corrected chi connectivity index (χ0v) is 32.6. The predicted octanol–water partition coefficient (Wildman–Crippen LogP) is 14.4. The number of allylic oxidation sites excluding steroid dienone is 8. The molecule has 0 aliphatic heterocycles. The average Bonchev–Trinajstić information content (AvgIpc) is 4.03. The van der Waals surface area contributed by atoms with Gasteiger partial charge in [0, 0.05) is 66.4 Å². The minimum atomic E-state index is -0.0617. The van der Waals surface area contributed by atoms with E-state index in [4.69, 9.17) is 28.2 Å². The standard InChI is InChI=1S/C55H33N3O3/c1-2-13-32(14-3-1)53-56-54(34-25-28-48-44(30-34)37-17-6-9-21-45(37)59-48)58-55(57-53)35-29-33-15-4-5-16-36(33)43(31-35)39-26-27-40(52-51(39)42-19-8-11-23-47(42)61-52)38-20-12-24-49-50(38)41-18-7-10-22-46(41)60-49/h1-31,36,43H. The van der Waals surface area contributed by atoms with Crippen molar-refractivity contribution < 1.29 is 13.3 Å². The van der Waals surface area contributed by atoms with Crippen LogP contribution in [0, 0.1) is 5.92 Å². The molecule has 0 N–H and O–H groups in total. The van der Waals surface area contributed by atoms with Crippen molar-refractivity contribution in [1.29, 1.82) is 0 Å². The number of benzene rings is 7. The molecule has 0 spiro atoms. The van der Waals surface area contributed by atoms with Crippen LogP contribution in [0.5, 0.6) is 0 Å².